The Labute approximate surface area is 107 Å². The fourth-order valence-corrected chi connectivity index (χ4v) is 1.54. The average Bonchev–Trinajstić information content (AvgIpc) is 2.37. The predicted molar refractivity (Wildman–Crippen MR) is 69.9 cm³/mol. The van der Waals surface area contributed by atoms with Gasteiger partial charge in [-0.15, -0.1) is 0 Å². The molecule has 1 rings (SSSR count). The van der Waals surface area contributed by atoms with Crippen LogP contribution in [0.1, 0.15) is 12.5 Å². The maximum atomic E-state index is 11.3. The zero-order valence-electron chi connectivity index (χ0n) is 10.9. The van der Waals surface area contributed by atoms with E-state index in [0.29, 0.717) is 24.6 Å². The van der Waals surface area contributed by atoms with Gasteiger partial charge in [-0.25, -0.2) is 0 Å². The van der Waals surface area contributed by atoms with Gasteiger partial charge in [0.2, 0.25) is 0 Å². The second-order valence-electron chi connectivity index (χ2n) is 3.77. The number of carbonyl (C=O) groups is 1. The highest BCUT2D eigenvalue weighted by Gasteiger charge is 2.07. The van der Waals surface area contributed by atoms with Gasteiger partial charge < -0.3 is 20.5 Å². The van der Waals surface area contributed by atoms with E-state index in [4.69, 9.17) is 15.2 Å². The van der Waals surface area contributed by atoms with Crippen LogP contribution in [-0.2, 0) is 11.2 Å². The van der Waals surface area contributed by atoms with Crippen LogP contribution in [-0.4, -0.2) is 32.7 Å². The van der Waals surface area contributed by atoms with Crippen LogP contribution in [0.2, 0.25) is 0 Å². The number of rotatable bonds is 7. The standard InChI is InChI=1S/C13H20N2O3/c1-3-15-13(16)9-18-11-5-4-10(6-7-14)8-12(11)17-2/h4-5,8H,3,6-7,9,14H2,1-2H3,(H,15,16). The van der Waals surface area contributed by atoms with Crippen LogP contribution in [0.5, 0.6) is 11.5 Å². The Kier molecular flexibility index (Phi) is 6.00. The lowest BCUT2D eigenvalue weighted by Crippen LogP contribution is -2.28. The molecule has 0 aliphatic rings. The van der Waals surface area contributed by atoms with E-state index in [1.165, 1.54) is 0 Å². The van der Waals surface area contributed by atoms with Crippen LogP contribution in [0.4, 0.5) is 0 Å². The number of ether oxygens (including phenoxy) is 2. The van der Waals surface area contributed by atoms with Crippen LogP contribution in [0.15, 0.2) is 18.2 Å². The lowest BCUT2D eigenvalue weighted by Gasteiger charge is -2.11. The number of methoxy groups -OCH3 is 1. The fourth-order valence-electron chi connectivity index (χ4n) is 1.54. The summed E-state index contributed by atoms with van der Waals surface area (Å²) in [4.78, 5) is 11.3. The van der Waals surface area contributed by atoms with Crippen molar-refractivity contribution < 1.29 is 14.3 Å². The smallest absolute Gasteiger partial charge is 0.257 e. The molecular formula is C13H20N2O3. The average molecular weight is 252 g/mol. The first-order valence-corrected chi connectivity index (χ1v) is 5.97. The second kappa shape index (κ2) is 7.55. The summed E-state index contributed by atoms with van der Waals surface area (Å²) >= 11 is 0. The maximum Gasteiger partial charge on any atom is 0.257 e. The number of nitrogens with one attached hydrogen (secondary N) is 1. The molecule has 0 aromatic heterocycles. The zero-order valence-corrected chi connectivity index (χ0v) is 10.9. The quantitative estimate of drug-likeness (QED) is 0.749. The minimum atomic E-state index is -0.148. The summed E-state index contributed by atoms with van der Waals surface area (Å²) in [5, 5.41) is 2.66. The number of amides is 1. The number of nitrogens with two attached hydrogens (primary N) is 1. The van der Waals surface area contributed by atoms with E-state index in [-0.39, 0.29) is 12.5 Å². The van der Waals surface area contributed by atoms with Crippen molar-refractivity contribution >= 4 is 5.91 Å². The number of carbonyl (C=O) groups excluding carboxylic acids is 1. The summed E-state index contributed by atoms with van der Waals surface area (Å²) in [5.74, 6) is 1.03. The first-order chi connectivity index (χ1) is 8.71. The van der Waals surface area contributed by atoms with Crippen molar-refractivity contribution in [3.05, 3.63) is 23.8 Å². The SMILES string of the molecule is CCNC(=O)COc1ccc(CCN)cc1OC. The third-order valence-corrected chi connectivity index (χ3v) is 2.39. The molecule has 0 atom stereocenters. The van der Waals surface area contributed by atoms with Gasteiger partial charge in [0.15, 0.2) is 18.1 Å². The Morgan fingerprint density at radius 1 is 1.39 bits per heavy atom. The number of benzene rings is 1. The van der Waals surface area contributed by atoms with Gasteiger partial charge >= 0.3 is 0 Å². The maximum absolute atomic E-state index is 11.3. The van der Waals surface area contributed by atoms with Crippen molar-refractivity contribution in [2.45, 2.75) is 13.3 Å². The van der Waals surface area contributed by atoms with E-state index in [1.54, 1.807) is 13.2 Å². The van der Waals surface area contributed by atoms with Crippen molar-refractivity contribution in [3.63, 3.8) is 0 Å². The van der Waals surface area contributed by atoms with Gasteiger partial charge in [-0.05, 0) is 37.6 Å². The molecule has 5 heteroatoms. The molecule has 0 bridgehead atoms. The minimum Gasteiger partial charge on any atom is -0.493 e. The Morgan fingerprint density at radius 2 is 2.17 bits per heavy atom. The summed E-state index contributed by atoms with van der Waals surface area (Å²) in [6.45, 7) is 3.03. The second-order valence-corrected chi connectivity index (χ2v) is 3.77. The van der Waals surface area contributed by atoms with Crippen molar-refractivity contribution in [2.75, 3.05) is 26.8 Å². The van der Waals surface area contributed by atoms with Gasteiger partial charge in [0, 0.05) is 6.54 Å². The summed E-state index contributed by atoms with van der Waals surface area (Å²) in [6, 6.07) is 5.59. The Balaban J connectivity index is 2.67. The molecule has 0 spiro atoms. The normalized spacial score (nSPS) is 9.94. The molecule has 3 N–H and O–H groups in total. The lowest BCUT2D eigenvalue weighted by atomic mass is 10.1. The van der Waals surface area contributed by atoms with Gasteiger partial charge in [-0.3, -0.25) is 4.79 Å². The predicted octanol–water partition coefficient (Wildman–Crippen LogP) is 0.711. The number of hydrogen-bond acceptors (Lipinski definition) is 4. The molecular weight excluding hydrogens is 232 g/mol. The van der Waals surface area contributed by atoms with E-state index < -0.39 is 0 Å². The summed E-state index contributed by atoms with van der Waals surface area (Å²) in [5.41, 5.74) is 6.58. The van der Waals surface area contributed by atoms with Crippen LogP contribution < -0.4 is 20.5 Å². The molecule has 0 radical (unpaired) electrons. The molecule has 18 heavy (non-hydrogen) atoms. The Bertz CT molecular complexity index is 394. The first kappa shape index (κ1) is 14.3. The van der Waals surface area contributed by atoms with Crippen LogP contribution >= 0.6 is 0 Å². The molecule has 0 aliphatic carbocycles. The topological polar surface area (TPSA) is 73.6 Å². The number of hydrogen-bond donors (Lipinski definition) is 2. The molecule has 100 valence electrons. The highest BCUT2D eigenvalue weighted by molar-refractivity contribution is 5.77. The highest BCUT2D eigenvalue weighted by Crippen LogP contribution is 2.28. The van der Waals surface area contributed by atoms with Crippen molar-refractivity contribution in [3.8, 4) is 11.5 Å². The van der Waals surface area contributed by atoms with Crippen molar-refractivity contribution in [2.24, 2.45) is 5.73 Å². The van der Waals surface area contributed by atoms with Crippen molar-refractivity contribution in [1.82, 2.24) is 5.32 Å². The zero-order chi connectivity index (χ0) is 13.4. The van der Waals surface area contributed by atoms with Gasteiger partial charge in [0.25, 0.3) is 5.91 Å². The van der Waals surface area contributed by atoms with E-state index in [1.807, 2.05) is 19.1 Å². The largest absolute Gasteiger partial charge is 0.493 e. The minimum absolute atomic E-state index is 0.0135. The molecule has 0 heterocycles. The van der Waals surface area contributed by atoms with Gasteiger partial charge in [-0.2, -0.15) is 0 Å². The lowest BCUT2D eigenvalue weighted by molar-refractivity contribution is -0.123. The Hall–Kier alpha value is -1.75. The van der Waals surface area contributed by atoms with E-state index in [9.17, 15) is 4.79 Å². The summed E-state index contributed by atoms with van der Waals surface area (Å²) in [6.07, 6.45) is 0.785. The van der Waals surface area contributed by atoms with Crippen LogP contribution in [0.25, 0.3) is 0 Å². The first-order valence-electron chi connectivity index (χ1n) is 5.97. The monoisotopic (exact) mass is 252 g/mol. The van der Waals surface area contributed by atoms with Gasteiger partial charge in [-0.1, -0.05) is 6.07 Å². The molecule has 1 aromatic rings. The molecule has 1 amide bonds. The van der Waals surface area contributed by atoms with Crippen LogP contribution in [0, 0.1) is 0 Å². The van der Waals surface area contributed by atoms with Gasteiger partial charge in [0.05, 0.1) is 7.11 Å². The molecule has 0 aliphatic heterocycles. The van der Waals surface area contributed by atoms with E-state index >= 15 is 0 Å². The van der Waals surface area contributed by atoms with Crippen molar-refractivity contribution in [1.29, 1.82) is 0 Å². The van der Waals surface area contributed by atoms with Gasteiger partial charge in [0.1, 0.15) is 0 Å². The molecule has 0 fully saturated rings. The third kappa shape index (κ3) is 4.25. The highest BCUT2D eigenvalue weighted by atomic mass is 16.5. The summed E-state index contributed by atoms with van der Waals surface area (Å²) in [7, 11) is 1.57. The third-order valence-electron chi connectivity index (χ3n) is 2.39. The van der Waals surface area contributed by atoms with Crippen LogP contribution in [0.3, 0.4) is 0 Å². The van der Waals surface area contributed by atoms with E-state index in [0.717, 1.165) is 12.0 Å². The number of likely N-dealkylation sites (N-methyl/N-ethyl adjacent to an activating group) is 1. The molecule has 0 unspecified atom stereocenters. The molecule has 1 aromatic carbocycles. The fraction of sp³-hybridized carbons (Fsp3) is 0.462. The Morgan fingerprint density at radius 3 is 2.78 bits per heavy atom. The van der Waals surface area contributed by atoms with E-state index in [2.05, 4.69) is 5.32 Å². The summed E-state index contributed by atoms with van der Waals surface area (Å²) < 4.78 is 10.6. The molecule has 0 saturated heterocycles. The molecule has 0 saturated carbocycles. The molecule has 5 nitrogen and oxygen atoms in total.